The fraction of sp³-hybridized carbons (Fsp3) is 0.0385. The number of rotatable bonds is 2. The van der Waals surface area contributed by atoms with Gasteiger partial charge in [-0.15, -0.1) is 0 Å². The molecule has 6 heteroatoms. The molecule has 1 aromatic heterocycles. The molecule has 156 valence electrons. The maximum atomic E-state index is 12.1. The number of aromatic hydroxyl groups is 1. The standard InChI is InChI=1S/C26H19N3O3/c27-29-25(17-7-2-1-3-8-17)28-23-22-20-9-5-4-6-16(20)10-15-21(22)32-24(23)26(29,31)18-11-13-19(30)14-12-18/h1-15,30-31H,27H2. The average Bonchev–Trinajstić information content (AvgIpc) is 3.22. The molecule has 1 unspecified atom stereocenters. The number of furan rings is 1. The molecule has 1 aliphatic rings. The zero-order valence-electron chi connectivity index (χ0n) is 16.9. The van der Waals surface area contributed by atoms with Crippen LogP contribution in [0.2, 0.25) is 0 Å². The quantitative estimate of drug-likeness (QED) is 0.358. The van der Waals surface area contributed by atoms with Crippen LogP contribution < -0.4 is 5.84 Å². The van der Waals surface area contributed by atoms with Gasteiger partial charge in [0.2, 0.25) is 5.72 Å². The Morgan fingerprint density at radius 1 is 0.844 bits per heavy atom. The molecule has 0 amide bonds. The van der Waals surface area contributed by atoms with Gasteiger partial charge < -0.3 is 14.6 Å². The number of hydrogen-bond acceptors (Lipinski definition) is 6. The van der Waals surface area contributed by atoms with Gasteiger partial charge in [0.25, 0.3) is 0 Å². The predicted octanol–water partition coefficient (Wildman–Crippen LogP) is 4.75. The summed E-state index contributed by atoms with van der Waals surface area (Å²) in [5, 5.41) is 26.0. The topological polar surface area (TPSA) is 95.2 Å². The third kappa shape index (κ3) is 2.51. The van der Waals surface area contributed by atoms with Crippen LogP contribution >= 0.6 is 0 Å². The van der Waals surface area contributed by atoms with Crippen LogP contribution in [0.3, 0.4) is 0 Å². The summed E-state index contributed by atoms with van der Waals surface area (Å²) in [6, 6.07) is 27.6. The van der Waals surface area contributed by atoms with Gasteiger partial charge in [-0.1, -0.05) is 72.8 Å². The monoisotopic (exact) mass is 421 g/mol. The molecule has 0 saturated heterocycles. The predicted molar refractivity (Wildman–Crippen MR) is 123 cm³/mol. The maximum Gasteiger partial charge on any atom is 0.241 e. The molecular weight excluding hydrogens is 402 g/mol. The Hall–Kier alpha value is -4.13. The first kappa shape index (κ1) is 18.6. The van der Waals surface area contributed by atoms with E-state index in [1.165, 1.54) is 17.1 Å². The van der Waals surface area contributed by atoms with Crippen molar-refractivity contribution in [2.45, 2.75) is 5.72 Å². The summed E-state index contributed by atoms with van der Waals surface area (Å²) in [6.45, 7) is 0. The minimum absolute atomic E-state index is 0.0875. The van der Waals surface area contributed by atoms with E-state index in [1.54, 1.807) is 12.1 Å². The van der Waals surface area contributed by atoms with Gasteiger partial charge >= 0.3 is 0 Å². The van der Waals surface area contributed by atoms with Crippen LogP contribution in [0.4, 0.5) is 5.69 Å². The van der Waals surface area contributed by atoms with E-state index in [9.17, 15) is 10.2 Å². The summed E-state index contributed by atoms with van der Waals surface area (Å²) in [5.74, 6) is 7.27. The third-order valence-corrected chi connectivity index (χ3v) is 5.97. The van der Waals surface area contributed by atoms with E-state index in [1.807, 2.05) is 66.7 Å². The second-order valence-electron chi connectivity index (χ2n) is 7.83. The van der Waals surface area contributed by atoms with Crippen LogP contribution in [0.15, 0.2) is 100 Å². The molecule has 6 nitrogen and oxygen atoms in total. The Bertz CT molecular complexity index is 1510. The fourth-order valence-corrected chi connectivity index (χ4v) is 4.37. The molecular formula is C26H19N3O3. The third-order valence-electron chi connectivity index (χ3n) is 5.97. The minimum atomic E-state index is -1.84. The van der Waals surface area contributed by atoms with Crippen molar-refractivity contribution in [1.29, 1.82) is 0 Å². The SMILES string of the molecule is NN1C(c2ccccc2)=Nc2c(oc3ccc4ccccc4c23)C1(O)c1ccc(O)cc1. The van der Waals surface area contributed by atoms with Crippen LogP contribution in [0.1, 0.15) is 16.9 Å². The van der Waals surface area contributed by atoms with Crippen LogP contribution in [0.5, 0.6) is 5.75 Å². The molecule has 1 aliphatic heterocycles. The van der Waals surface area contributed by atoms with E-state index in [-0.39, 0.29) is 11.5 Å². The zero-order valence-corrected chi connectivity index (χ0v) is 16.9. The van der Waals surface area contributed by atoms with Gasteiger partial charge in [-0.25, -0.2) is 10.8 Å². The summed E-state index contributed by atoms with van der Waals surface area (Å²) < 4.78 is 6.21. The van der Waals surface area contributed by atoms with E-state index >= 15 is 0 Å². The van der Waals surface area contributed by atoms with Gasteiger partial charge in [0.05, 0.1) is 5.39 Å². The highest BCUT2D eigenvalue weighted by Crippen LogP contribution is 2.49. The second kappa shape index (κ2) is 6.68. The van der Waals surface area contributed by atoms with E-state index in [0.717, 1.165) is 21.7 Å². The van der Waals surface area contributed by atoms with Crippen LogP contribution in [-0.4, -0.2) is 21.1 Å². The molecule has 32 heavy (non-hydrogen) atoms. The number of hydrazine groups is 1. The number of aliphatic imine (C=N–C) groups is 1. The van der Waals surface area contributed by atoms with Crippen molar-refractivity contribution in [3.63, 3.8) is 0 Å². The average molecular weight is 421 g/mol. The Labute approximate surface area is 183 Å². The molecule has 5 aromatic rings. The lowest BCUT2D eigenvalue weighted by Gasteiger charge is -2.39. The Morgan fingerprint density at radius 3 is 2.34 bits per heavy atom. The number of hydrogen-bond donors (Lipinski definition) is 3. The summed E-state index contributed by atoms with van der Waals surface area (Å²) >= 11 is 0. The van der Waals surface area contributed by atoms with Gasteiger partial charge in [0.1, 0.15) is 17.0 Å². The Morgan fingerprint density at radius 2 is 1.56 bits per heavy atom. The summed E-state index contributed by atoms with van der Waals surface area (Å²) in [6.07, 6.45) is 0. The molecule has 0 spiro atoms. The lowest BCUT2D eigenvalue weighted by molar-refractivity contribution is -0.0566. The lowest BCUT2D eigenvalue weighted by Crippen LogP contribution is -2.56. The van der Waals surface area contributed by atoms with Gasteiger partial charge in [0.15, 0.2) is 11.6 Å². The second-order valence-corrected chi connectivity index (χ2v) is 7.83. The van der Waals surface area contributed by atoms with E-state index in [2.05, 4.69) is 0 Å². The molecule has 0 aliphatic carbocycles. The normalized spacial score (nSPS) is 18.1. The number of phenolic OH excluding ortho intramolecular Hbond substituents is 1. The first-order chi connectivity index (χ1) is 15.6. The van der Waals surface area contributed by atoms with Crippen molar-refractivity contribution in [3.8, 4) is 5.75 Å². The molecule has 0 saturated carbocycles. The summed E-state index contributed by atoms with van der Waals surface area (Å²) in [5.41, 5.74) is 0.513. The van der Waals surface area contributed by atoms with Gasteiger partial charge in [0, 0.05) is 11.1 Å². The number of aliphatic hydroxyl groups is 1. The largest absolute Gasteiger partial charge is 0.508 e. The molecule has 0 radical (unpaired) electrons. The van der Waals surface area contributed by atoms with Crippen molar-refractivity contribution in [2.24, 2.45) is 10.8 Å². The van der Waals surface area contributed by atoms with Crippen molar-refractivity contribution in [3.05, 3.63) is 108 Å². The molecule has 6 rings (SSSR count). The highest BCUT2D eigenvalue weighted by Gasteiger charge is 2.48. The molecule has 0 fully saturated rings. The number of fused-ring (bicyclic) bond motifs is 5. The van der Waals surface area contributed by atoms with Gasteiger partial charge in [-0.2, -0.15) is 0 Å². The van der Waals surface area contributed by atoms with Gasteiger partial charge in [-0.3, -0.25) is 5.01 Å². The minimum Gasteiger partial charge on any atom is -0.508 e. The first-order valence-electron chi connectivity index (χ1n) is 10.2. The summed E-state index contributed by atoms with van der Waals surface area (Å²) in [4.78, 5) is 4.89. The number of phenols is 1. The Kier molecular flexibility index (Phi) is 3.89. The highest BCUT2D eigenvalue weighted by molar-refractivity contribution is 6.14. The van der Waals surface area contributed by atoms with Crippen molar-refractivity contribution in [1.82, 2.24) is 5.01 Å². The van der Waals surface area contributed by atoms with Crippen molar-refractivity contribution in [2.75, 3.05) is 0 Å². The first-order valence-corrected chi connectivity index (χ1v) is 10.2. The van der Waals surface area contributed by atoms with Crippen molar-refractivity contribution >= 4 is 33.3 Å². The summed E-state index contributed by atoms with van der Waals surface area (Å²) in [7, 11) is 0. The number of nitrogens with two attached hydrogens (primary N) is 1. The highest BCUT2D eigenvalue weighted by atomic mass is 16.4. The Balaban J connectivity index is 1.73. The number of amidine groups is 1. The van der Waals surface area contributed by atoms with E-state index < -0.39 is 5.72 Å². The van der Waals surface area contributed by atoms with Crippen LogP contribution in [-0.2, 0) is 5.72 Å². The van der Waals surface area contributed by atoms with Gasteiger partial charge in [-0.05, 0) is 29.0 Å². The van der Waals surface area contributed by atoms with Crippen molar-refractivity contribution < 1.29 is 14.6 Å². The molecule has 4 aromatic carbocycles. The van der Waals surface area contributed by atoms with E-state index in [0.29, 0.717) is 22.7 Å². The number of benzene rings is 4. The maximum absolute atomic E-state index is 12.1. The molecule has 2 heterocycles. The number of nitrogens with zero attached hydrogens (tertiary/aromatic N) is 2. The van der Waals surface area contributed by atoms with Crippen LogP contribution in [0.25, 0.3) is 21.7 Å². The van der Waals surface area contributed by atoms with E-state index in [4.69, 9.17) is 15.3 Å². The molecule has 4 N–H and O–H groups in total. The zero-order chi connectivity index (χ0) is 21.9. The molecule has 0 bridgehead atoms. The smallest absolute Gasteiger partial charge is 0.241 e. The molecule has 1 atom stereocenters. The van der Waals surface area contributed by atoms with Crippen LogP contribution in [0, 0.1) is 0 Å². The fourth-order valence-electron chi connectivity index (χ4n) is 4.37. The lowest BCUT2D eigenvalue weighted by atomic mass is 9.94.